The number of hydrogen-bond donors (Lipinski definition) is 1. The molecule has 0 aliphatic heterocycles. The van der Waals surface area contributed by atoms with Crippen molar-refractivity contribution in [1.82, 2.24) is 4.98 Å². The third-order valence-electron chi connectivity index (χ3n) is 5.70. The number of phenols is 1. The Morgan fingerprint density at radius 2 is 1.00 bits per heavy atom. The summed E-state index contributed by atoms with van der Waals surface area (Å²) in [7, 11) is -2.66. The van der Waals surface area contributed by atoms with Gasteiger partial charge in [-0.25, -0.2) is 0 Å². The fourth-order valence-electron chi connectivity index (χ4n) is 4.35. The van der Waals surface area contributed by atoms with Gasteiger partial charge in [0.1, 0.15) is 11.3 Å². The SMILES string of the molecule is Oc1cccc2ccc([Si](c3ccccc3)(c3ccccc3)c3ccccc3)nc12. The zero-order chi connectivity index (χ0) is 20.4. The van der Waals surface area contributed by atoms with E-state index in [1.54, 1.807) is 6.07 Å². The summed E-state index contributed by atoms with van der Waals surface area (Å²) in [5, 5.41) is 16.3. The smallest absolute Gasteiger partial charge is 0.201 e. The Labute approximate surface area is 177 Å². The van der Waals surface area contributed by atoms with Gasteiger partial charge < -0.3 is 5.11 Å². The van der Waals surface area contributed by atoms with Crippen LogP contribution < -0.4 is 20.9 Å². The van der Waals surface area contributed by atoms with Gasteiger partial charge in [-0.3, -0.25) is 4.98 Å². The van der Waals surface area contributed by atoms with Crippen molar-refractivity contribution in [2.75, 3.05) is 0 Å². The van der Waals surface area contributed by atoms with Crippen LogP contribution in [0, 0.1) is 0 Å². The molecule has 0 saturated carbocycles. The van der Waals surface area contributed by atoms with Crippen LogP contribution >= 0.6 is 0 Å². The predicted octanol–water partition coefficient (Wildman–Crippen LogP) is 3.32. The topological polar surface area (TPSA) is 33.1 Å². The molecular weight excluding hydrogens is 382 g/mol. The van der Waals surface area contributed by atoms with E-state index in [0.29, 0.717) is 5.52 Å². The number of pyridine rings is 1. The Balaban J connectivity index is 1.93. The van der Waals surface area contributed by atoms with Gasteiger partial charge in [-0.15, -0.1) is 0 Å². The first-order valence-electron chi connectivity index (χ1n) is 10.1. The Morgan fingerprint density at radius 3 is 1.50 bits per heavy atom. The molecule has 0 aliphatic carbocycles. The van der Waals surface area contributed by atoms with Crippen LogP contribution in [0.25, 0.3) is 10.9 Å². The first-order valence-corrected chi connectivity index (χ1v) is 12.1. The summed E-state index contributed by atoms with van der Waals surface area (Å²) in [5.74, 6) is 0.214. The first-order chi connectivity index (χ1) is 14.8. The molecule has 2 nitrogen and oxygen atoms in total. The van der Waals surface area contributed by atoms with Crippen LogP contribution in [0.4, 0.5) is 0 Å². The minimum atomic E-state index is -2.66. The molecule has 5 rings (SSSR count). The quantitative estimate of drug-likeness (QED) is 0.369. The highest BCUT2D eigenvalue weighted by atomic mass is 28.3. The van der Waals surface area contributed by atoms with Gasteiger partial charge >= 0.3 is 0 Å². The molecule has 0 unspecified atom stereocenters. The standard InChI is InChI=1S/C27H21NOSi/c29-25-18-10-11-21-19-20-26(28-27(21)25)30(22-12-4-1-5-13-22,23-14-6-2-7-15-23)24-16-8-3-9-17-24/h1-20,29H. The van der Waals surface area contributed by atoms with Gasteiger partial charge in [-0.05, 0) is 27.7 Å². The molecule has 0 radical (unpaired) electrons. The van der Waals surface area contributed by atoms with Gasteiger partial charge in [0.05, 0.1) is 0 Å². The second kappa shape index (κ2) is 7.62. The van der Waals surface area contributed by atoms with E-state index in [0.717, 1.165) is 10.7 Å². The number of benzene rings is 4. The number of para-hydroxylation sites is 1. The van der Waals surface area contributed by atoms with E-state index < -0.39 is 8.07 Å². The van der Waals surface area contributed by atoms with E-state index >= 15 is 0 Å². The van der Waals surface area contributed by atoms with Gasteiger partial charge in [0.15, 0.2) is 0 Å². The zero-order valence-electron chi connectivity index (χ0n) is 16.4. The Bertz CT molecular complexity index is 1190. The number of aromatic nitrogens is 1. The molecule has 0 amide bonds. The van der Waals surface area contributed by atoms with Crippen LogP contribution in [-0.4, -0.2) is 18.2 Å². The third kappa shape index (κ3) is 2.91. The highest BCUT2D eigenvalue weighted by Gasteiger charge is 2.42. The summed E-state index contributed by atoms with van der Waals surface area (Å²) >= 11 is 0. The minimum absolute atomic E-state index is 0.214. The molecule has 5 aromatic rings. The summed E-state index contributed by atoms with van der Waals surface area (Å²) in [6.45, 7) is 0. The van der Waals surface area contributed by atoms with E-state index in [2.05, 4.69) is 103 Å². The van der Waals surface area contributed by atoms with E-state index in [9.17, 15) is 5.11 Å². The normalized spacial score (nSPS) is 11.5. The molecule has 1 heterocycles. The number of aromatic hydroxyl groups is 1. The molecule has 0 spiro atoms. The third-order valence-corrected chi connectivity index (χ3v) is 10.3. The molecule has 1 N–H and O–H groups in total. The number of nitrogens with zero attached hydrogens (tertiary/aromatic N) is 1. The number of phenolic OH excluding ortho intramolecular Hbond substituents is 1. The average molecular weight is 404 g/mol. The molecule has 144 valence electrons. The molecular formula is C27H21NOSi. The molecule has 0 saturated heterocycles. The minimum Gasteiger partial charge on any atom is -0.506 e. The van der Waals surface area contributed by atoms with E-state index in [4.69, 9.17) is 4.98 Å². The van der Waals surface area contributed by atoms with Crippen LogP contribution in [0.2, 0.25) is 0 Å². The first kappa shape index (κ1) is 18.3. The maximum Gasteiger partial charge on any atom is 0.201 e. The summed E-state index contributed by atoms with van der Waals surface area (Å²) in [6, 6.07) is 41.8. The van der Waals surface area contributed by atoms with Crippen molar-refractivity contribution >= 4 is 39.9 Å². The summed E-state index contributed by atoms with van der Waals surface area (Å²) in [6.07, 6.45) is 0. The number of hydrogen-bond acceptors (Lipinski definition) is 2. The largest absolute Gasteiger partial charge is 0.506 e. The monoisotopic (exact) mass is 403 g/mol. The molecule has 30 heavy (non-hydrogen) atoms. The second-order valence-corrected chi connectivity index (χ2v) is 11.1. The molecule has 0 fully saturated rings. The maximum absolute atomic E-state index is 10.5. The van der Waals surface area contributed by atoms with Crippen molar-refractivity contribution in [2.24, 2.45) is 0 Å². The fraction of sp³-hybridized carbons (Fsp3) is 0. The fourth-order valence-corrected chi connectivity index (χ4v) is 8.93. The molecule has 0 bridgehead atoms. The van der Waals surface area contributed by atoms with Gasteiger partial charge in [-0.1, -0.05) is 109 Å². The lowest BCUT2D eigenvalue weighted by Gasteiger charge is -2.33. The molecule has 3 heteroatoms. The Morgan fingerprint density at radius 1 is 0.500 bits per heavy atom. The average Bonchev–Trinajstić information content (AvgIpc) is 2.82. The van der Waals surface area contributed by atoms with Crippen molar-refractivity contribution in [1.29, 1.82) is 0 Å². The van der Waals surface area contributed by atoms with Crippen LogP contribution in [0.5, 0.6) is 5.75 Å². The summed E-state index contributed by atoms with van der Waals surface area (Å²) < 4.78 is 0. The van der Waals surface area contributed by atoms with E-state index in [1.807, 2.05) is 12.1 Å². The van der Waals surface area contributed by atoms with Crippen LogP contribution in [0.15, 0.2) is 121 Å². The van der Waals surface area contributed by atoms with Crippen molar-refractivity contribution < 1.29 is 5.11 Å². The molecule has 1 aromatic heterocycles. The Kier molecular flexibility index (Phi) is 4.66. The molecule has 0 aliphatic rings. The highest BCUT2D eigenvalue weighted by molar-refractivity contribution is 7.19. The lowest BCUT2D eigenvalue weighted by atomic mass is 10.2. The molecule has 4 aromatic carbocycles. The van der Waals surface area contributed by atoms with Crippen LogP contribution in [0.3, 0.4) is 0 Å². The highest BCUT2D eigenvalue weighted by Crippen LogP contribution is 2.21. The van der Waals surface area contributed by atoms with Crippen molar-refractivity contribution in [2.45, 2.75) is 0 Å². The van der Waals surface area contributed by atoms with Crippen LogP contribution in [-0.2, 0) is 0 Å². The lowest BCUT2D eigenvalue weighted by Crippen LogP contribution is -2.75. The Hall–Kier alpha value is -3.69. The van der Waals surface area contributed by atoms with Gasteiger partial charge in [0.25, 0.3) is 0 Å². The number of rotatable bonds is 4. The van der Waals surface area contributed by atoms with Crippen molar-refractivity contribution in [3.8, 4) is 5.75 Å². The second-order valence-electron chi connectivity index (χ2n) is 7.39. The maximum atomic E-state index is 10.5. The van der Waals surface area contributed by atoms with Gasteiger partial charge in [0.2, 0.25) is 8.07 Å². The van der Waals surface area contributed by atoms with E-state index in [-0.39, 0.29) is 5.75 Å². The lowest BCUT2D eigenvalue weighted by molar-refractivity contribution is 0.480. The zero-order valence-corrected chi connectivity index (χ0v) is 17.4. The van der Waals surface area contributed by atoms with Crippen LogP contribution in [0.1, 0.15) is 0 Å². The summed E-state index contributed by atoms with van der Waals surface area (Å²) in [4.78, 5) is 5.09. The van der Waals surface area contributed by atoms with Crippen molar-refractivity contribution in [3.63, 3.8) is 0 Å². The van der Waals surface area contributed by atoms with Gasteiger partial charge in [0, 0.05) is 10.7 Å². The molecule has 0 atom stereocenters. The summed E-state index contributed by atoms with van der Waals surface area (Å²) in [5.41, 5.74) is 0.648. The van der Waals surface area contributed by atoms with Crippen molar-refractivity contribution in [3.05, 3.63) is 121 Å². The number of fused-ring (bicyclic) bond motifs is 1. The predicted molar refractivity (Wildman–Crippen MR) is 127 cm³/mol. The van der Waals surface area contributed by atoms with Gasteiger partial charge in [-0.2, -0.15) is 0 Å². The van der Waals surface area contributed by atoms with E-state index in [1.165, 1.54) is 15.6 Å².